The number of benzene rings is 1. The van der Waals surface area contributed by atoms with Gasteiger partial charge in [-0.2, -0.15) is 4.31 Å². The normalized spacial score (nSPS) is 18.1. The van der Waals surface area contributed by atoms with Crippen LogP contribution in [0.2, 0.25) is 5.22 Å². The smallest absolute Gasteiger partial charge is 0.294 e. The third-order valence-electron chi connectivity index (χ3n) is 4.93. The summed E-state index contributed by atoms with van der Waals surface area (Å²) in [5, 5.41) is 0.163. The summed E-state index contributed by atoms with van der Waals surface area (Å²) < 4.78 is 32.4. The molecule has 4 rings (SSSR count). The van der Waals surface area contributed by atoms with Crippen LogP contribution < -0.4 is 4.90 Å². The van der Waals surface area contributed by atoms with Crippen molar-refractivity contribution < 1.29 is 17.6 Å². The molecule has 1 aromatic heterocycles. The van der Waals surface area contributed by atoms with Crippen molar-refractivity contribution in [1.29, 1.82) is 0 Å². The highest BCUT2D eigenvalue weighted by atomic mass is 35.5. The van der Waals surface area contributed by atoms with E-state index in [1.54, 1.807) is 27.4 Å². The molecule has 0 spiro atoms. The second-order valence-corrected chi connectivity index (χ2v) is 8.88. The van der Waals surface area contributed by atoms with Crippen LogP contribution in [-0.4, -0.2) is 38.3 Å². The number of carbonyl (C=O) groups is 1. The summed E-state index contributed by atoms with van der Waals surface area (Å²) in [6.45, 7) is 1.63. The number of hydrogen-bond donors (Lipinski definition) is 0. The molecule has 26 heavy (non-hydrogen) atoms. The van der Waals surface area contributed by atoms with Crippen molar-refractivity contribution in [1.82, 2.24) is 4.31 Å². The third-order valence-corrected chi connectivity index (χ3v) is 7.03. The molecular weight excluding hydrogens is 376 g/mol. The summed E-state index contributed by atoms with van der Waals surface area (Å²) in [7, 11) is -3.48. The maximum atomic E-state index is 12.8. The molecule has 138 valence electrons. The molecule has 1 fully saturated rings. The molecule has 3 heterocycles. The molecule has 0 N–H and O–H groups in total. The lowest BCUT2D eigenvalue weighted by atomic mass is 10.2. The van der Waals surface area contributed by atoms with E-state index in [0.29, 0.717) is 31.0 Å². The number of nitrogens with zero attached hydrogens (tertiary/aromatic N) is 2. The van der Waals surface area contributed by atoms with Crippen LogP contribution in [0, 0.1) is 0 Å². The first-order valence-electron chi connectivity index (χ1n) is 8.67. The van der Waals surface area contributed by atoms with Crippen LogP contribution in [0.1, 0.15) is 35.4 Å². The van der Waals surface area contributed by atoms with Gasteiger partial charge in [-0.25, -0.2) is 8.42 Å². The molecule has 0 radical (unpaired) electrons. The Kier molecular flexibility index (Phi) is 4.54. The molecule has 0 aliphatic carbocycles. The van der Waals surface area contributed by atoms with Gasteiger partial charge in [0.2, 0.25) is 10.0 Å². The van der Waals surface area contributed by atoms with E-state index in [0.717, 1.165) is 30.5 Å². The van der Waals surface area contributed by atoms with Crippen molar-refractivity contribution in [3.05, 3.63) is 46.9 Å². The van der Waals surface area contributed by atoms with E-state index in [1.807, 2.05) is 0 Å². The molecule has 2 aliphatic rings. The Hall–Kier alpha value is -1.83. The molecule has 8 heteroatoms. The topological polar surface area (TPSA) is 70.8 Å². The minimum absolute atomic E-state index is 0.163. The Labute approximate surface area is 157 Å². The third kappa shape index (κ3) is 3.04. The van der Waals surface area contributed by atoms with Crippen LogP contribution in [-0.2, 0) is 16.4 Å². The zero-order chi connectivity index (χ0) is 18.3. The van der Waals surface area contributed by atoms with Crippen LogP contribution in [0.15, 0.2) is 39.6 Å². The number of rotatable bonds is 3. The lowest BCUT2D eigenvalue weighted by Crippen LogP contribution is -2.35. The quantitative estimate of drug-likeness (QED) is 0.800. The summed E-state index contributed by atoms with van der Waals surface area (Å²) in [5.74, 6) is -0.102. The van der Waals surface area contributed by atoms with E-state index < -0.39 is 10.0 Å². The van der Waals surface area contributed by atoms with Gasteiger partial charge >= 0.3 is 0 Å². The fourth-order valence-electron chi connectivity index (χ4n) is 3.57. The van der Waals surface area contributed by atoms with E-state index in [-0.39, 0.29) is 16.9 Å². The molecule has 1 amide bonds. The average molecular weight is 395 g/mol. The number of amides is 1. The fourth-order valence-corrected chi connectivity index (χ4v) is 5.28. The van der Waals surface area contributed by atoms with Crippen molar-refractivity contribution in [2.24, 2.45) is 0 Å². The number of carbonyl (C=O) groups excluding carboxylic acids is 1. The molecule has 0 bridgehead atoms. The minimum atomic E-state index is -3.48. The Morgan fingerprint density at radius 2 is 1.81 bits per heavy atom. The molecule has 1 saturated heterocycles. The van der Waals surface area contributed by atoms with E-state index in [9.17, 15) is 13.2 Å². The van der Waals surface area contributed by atoms with Crippen LogP contribution in [0.3, 0.4) is 0 Å². The van der Waals surface area contributed by atoms with Gasteiger partial charge in [0.1, 0.15) is 0 Å². The molecule has 2 aromatic rings. The highest BCUT2D eigenvalue weighted by Crippen LogP contribution is 2.33. The number of hydrogen-bond acceptors (Lipinski definition) is 4. The first-order valence-corrected chi connectivity index (χ1v) is 10.5. The number of sulfonamides is 1. The SMILES string of the molecule is O=C(c1ccc(Cl)o1)N1CCc2cc(S(=O)(=O)N3CCCCC3)ccc21. The maximum absolute atomic E-state index is 12.8. The van der Waals surface area contributed by atoms with Gasteiger partial charge in [0.05, 0.1) is 4.90 Å². The second kappa shape index (κ2) is 6.72. The predicted molar refractivity (Wildman–Crippen MR) is 98.2 cm³/mol. The Balaban J connectivity index is 1.61. The molecule has 6 nitrogen and oxygen atoms in total. The summed E-state index contributed by atoms with van der Waals surface area (Å²) >= 11 is 5.75. The molecular formula is C18H19ClN2O4S. The standard InChI is InChI=1S/C18H19ClN2O4S/c19-17-7-6-16(25-17)18(22)21-11-8-13-12-14(4-5-15(13)21)26(23,24)20-9-2-1-3-10-20/h4-7,12H,1-3,8-11H2. The van der Waals surface area contributed by atoms with Gasteiger partial charge in [-0.05, 0) is 66.8 Å². The molecule has 0 atom stereocenters. The van der Waals surface area contributed by atoms with Crippen molar-refractivity contribution >= 4 is 33.2 Å². The van der Waals surface area contributed by atoms with Gasteiger partial charge in [0.15, 0.2) is 11.0 Å². The molecule has 0 saturated carbocycles. The van der Waals surface area contributed by atoms with Gasteiger partial charge in [0, 0.05) is 25.3 Å². The number of anilines is 1. The van der Waals surface area contributed by atoms with Gasteiger partial charge in [-0.3, -0.25) is 4.79 Å². The summed E-state index contributed by atoms with van der Waals surface area (Å²) in [5.41, 5.74) is 1.58. The van der Waals surface area contributed by atoms with Crippen molar-refractivity contribution in [3.63, 3.8) is 0 Å². The highest BCUT2D eigenvalue weighted by molar-refractivity contribution is 7.89. The minimum Gasteiger partial charge on any atom is -0.440 e. The van der Waals surface area contributed by atoms with Crippen molar-refractivity contribution in [2.75, 3.05) is 24.5 Å². The molecule has 1 aromatic carbocycles. The molecule has 0 unspecified atom stereocenters. The Bertz CT molecular complexity index is 948. The Morgan fingerprint density at radius 3 is 2.50 bits per heavy atom. The largest absolute Gasteiger partial charge is 0.440 e. The summed E-state index contributed by atoms with van der Waals surface area (Å²) in [4.78, 5) is 14.5. The number of piperidine rings is 1. The van der Waals surface area contributed by atoms with Crippen molar-refractivity contribution in [2.45, 2.75) is 30.6 Å². The first kappa shape index (κ1) is 17.6. The van der Waals surface area contributed by atoms with Crippen LogP contribution in [0.5, 0.6) is 0 Å². The predicted octanol–water partition coefficient (Wildman–Crippen LogP) is 3.31. The summed E-state index contributed by atoms with van der Waals surface area (Å²) in [6.07, 6.45) is 3.49. The van der Waals surface area contributed by atoms with Crippen LogP contribution in [0.25, 0.3) is 0 Å². The first-order chi connectivity index (χ1) is 12.5. The van der Waals surface area contributed by atoms with Crippen LogP contribution >= 0.6 is 11.6 Å². The zero-order valence-electron chi connectivity index (χ0n) is 14.2. The monoisotopic (exact) mass is 394 g/mol. The van der Waals surface area contributed by atoms with E-state index in [2.05, 4.69) is 0 Å². The fraction of sp³-hybridized carbons (Fsp3) is 0.389. The number of halogens is 1. The summed E-state index contributed by atoms with van der Waals surface area (Å²) in [6, 6.07) is 8.06. The lowest BCUT2D eigenvalue weighted by Gasteiger charge is -2.26. The Morgan fingerprint density at radius 1 is 1.04 bits per heavy atom. The van der Waals surface area contributed by atoms with E-state index in [4.69, 9.17) is 16.0 Å². The van der Waals surface area contributed by atoms with Crippen LogP contribution in [0.4, 0.5) is 5.69 Å². The zero-order valence-corrected chi connectivity index (χ0v) is 15.7. The maximum Gasteiger partial charge on any atom is 0.294 e. The van der Waals surface area contributed by atoms with Gasteiger partial charge in [-0.1, -0.05) is 6.42 Å². The van der Waals surface area contributed by atoms with E-state index in [1.165, 1.54) is 12.1 Å². The van der Waals surface area contributed by atoms with Gasteiger partial charge < -0.3 is 9.32 Å². The number of fused-ring (bicyclic) bond motifs is 1. The van der Waals surface area contributed by atoms with Gasteiger partial charge in [0.25, 0.3) is 5.91 Å². The number of furan rings is 1. The second-order valence-electron chi connectivity index (χ2n) is 6.57. The molecule has 2 aliphatic heterocycles. The van der Waals surface area contributed by atoms with E-state index >= 15 is 0 Å². The average Bonchev–Trinajstić information content (AvgIpc) is 3.27. The van der Waals surface area contributed by atoms with Crippen molar-refractivity contribution in [3.8, 4) is 0 Å². The van der Waals surface area contributed by atoms with Gasteiger partial charge in [-0.15, -0.1) is 0 Å². The highest BCUT2D eigenvalue weighted by Gasteiger charge is 2.31. The lowest BCUT2D eigenvalue weighted by molar-refractivity contribution is 0.0963.